The van der Waals surface area contributed by atoms with Crippen molar-refractivity contribution >= 4 is 15.9 Å². The lowest BCUT2D eigenvalue weighted by Crippen LogP contribution is -2.27. The molecule has 1 aliphatic carbocycles. The summed E-state index contributed by atoms with van der Waals surface area (Å²) >= 11 is 3.56. The Hall–Kier alpha value is -0.740. The molecule has 21 heavy (non-hydrogen) atoms. The first-order chi connectivity index (χ1) is 10.1. The number of nitrogens with two attached hydrogens (primary N) is 1. The second-order valence-corrected chi connectivity index (χ2v) is 6.72. The van der Waals surface area contributed by atoms with Gasteiger partial charge in [-0.05, 0) is 52.7 Å². The lowest BCUT2D eigenvalue weighted by molar-refractivity contribution is 0.228. The summed E-state index contributed by atoms with van der Waals surface area (Å²) in [6, 6.07) is 4.03. The lowest BCUT2D eigenvalue weighted by Gasteiger charge is -2.33. The highest BCUT2D eigenvalue weighted by atomic mass is 79.9. The van der Waals surface area contributed by atoms with Crippen molar-refractivity contribution in [2.24, 2.45) is 17.6 Å². The third-order valence-electron chi connectivity index (χ3n) is 4.78. The van der Waals surface area contributed by atoms with Crippen molar-refractivity contribution in [2.75, 3.05) is 14.2 Å². The van der Waals surface area contributed by atoms with Gasteiger partial charge in [0.2, 0.25) is 0 Å². The van der Waals surface area contributed by atoms with E-state index >= 15 is 0 Å². The summed E-state index contributed by atoms with van der Waals surface area (Å²) in [5, 5.41) is 0. The van der Waals surface area contributed by atoms with E-state index < -0.39 is 0 Å². The average molecular weight is 356 g/mol. The molecule has 0 radical (unpaired) electrons. The predicted octanol–water partition coefficient (Wildman–Crippen LogP) is 4.68. The second kappa shape index (κ2) is 7.50. The van der Waals surface area contributed by atoms with E-state index in [-0.39, 0.29) is 6.04 Å². The van der Waals surface area contributed by atoms with Gasteiger partial charge in [-0.3, -0.25) is 0 Å². The van der Waals surface area contributed by atoms with E-state index in [2.05, 4.69) is 22.9 Å². The van der Waals surface area contributed by atoms with Crippen LogP contribution in [0, 0.1) is 11.8 Å². The van der Waals surface area contributed by atoms with Crippen LogP contribution in [0.15, 0.2) is 16.6 Å². The fraction of sp³-hybridized carbons (Fsp3) is 0.647. The molecule has 2 N–H and O–H groups in total. The van der Waals surface area contributed by atoms with Crippen LogP contribution in [0.1, 0.15) is 50.6 Å². The van der Waals surface area contributed by atoms with Crippen LogP contribution < -0.4 is 15.2 Å². The number of hydrogen-bond acceptors (Lipinski definition) is 3. The van der Waals surface area contributed by atoms with Gasteiger partial charge in [-0.2, -0.15) is 0 Å². The summed E-state index contributed by atoms with van der Waals surface area (Å²) in [5.41, 5.74) is 7.66. The minimum Gasteiger partial charge on any atom is -0.495 e. The van der Waals surface area contributed by atoms with Crippen LogP contribution in [0.25, 0.3) is 0 Å². The van der Waals surface area contributed by atoms with Crippen LogP contribution in [0.3, 0.4) is 0 Å². The maximum absolute atomic E-state index is 6.58. The van der Waals surface area contributed by atoms with Crippen LogP contribution in [0.5, 0.6) is 11.5 Å². The van der Waals surface area contributed by atoms with Crippen molar-refractivity contribution in [3.8, 4) is 11.5 Å². The monoisotopic (exact) mass is 355 g/mol. The molecule has 1 aliphatic rings. The van der Waals surface area contributed by atoms with Gasteiger partial charge in [0, 0.05) is 11.6 Å². The number of ether oxygens (including phenoxy) is 2. The fourth-order valence-electron chi connectivity index (χ4n) is 3.46. The van der Waals surface area contributed by atoms with E-state index in [9.17, 15) is 0 Å². The third-order valence-corrected chi connectivity index (χ3v) is 5.53. The molecule has 3 nitrogen and oxygen atoms in total. The maximum atomic E-state index is 6.58. The molecule has 118 valence electrons. The predicted molar refractivity (Wildman–Crippen MR) is 89.9 cm³/mol. The molecule has 1 aromatic carbocycles. The molecule has 0 aliphatic heterocycles. The second-order valence-electron chi connectivity index (χ2n) is 5.93. The zero-order valence-corrected chi connectivity index (χ0v) is 14.8. The first-order valence-electron chi connectivity index (χ1n) is 7.78. The van der Waals surface area contributed by atoms with Crippen molar-refractivity contribution in [1.29, 1.82) is 0 Å². The van der Waals surface area contributed by atoms with Gasteiger partial charge < -0.3 is 15.2 Å². The summed E-state index contributed by atoms with van der Waals surface area (Å²) < 4.78 is 11.8. The summed E-state index contributed by atoms with van der Waals surface area (Å²) in [5.74, 6) is 2.94. The molecule has 0 aromatic heterocycles. The molecule has 2 rings (SSSR count). The van der Waals surface area contributed by atoms with Gasteiger partial charge in [-0.25, -0.2) is 0 Å². The Kier molecular flexibility index (Phi) is 5.94. The van der Waals surface area contributed by atoms with Crippen LogP contribution in [-0.4, -0.2) is 14.2 Å². The molecule has 1 saturated carbocycles. The van der Waals surface area contributed by atoms with Crippen molar-refractivity contribution in [3.63, 3.8) is 0 Å². The highest BCUT2D eigenvalue weighted by molar-refractivity contribution is 9.10. The number of halogens is 1. The smallest absolute Gasteiger partial charge is 0.141 e. The number of methoxy groups -OCH3 is 2. The highest BCUT2D eigenvalue weighted by Gasteiger charge is 2.29. The van der Waals surface area contributed by atoms with Gasteiger partial charge >= 0.3 is 0 Å². The molecule has 1 fully saturated rings. The Morgan fingerprint density at radius 2 is 2.05 bits per heavy atom. The Bertz CT molecular complexity index is 478. The van der Waals surface area contributed by atoms with Crippen molar-refractivity contribution in [3.05, 3.63) is 22.2 Å². The molecule has 0 amide bonds. The normalized spacial score (nSPS) is 23.7. The average Bonchev–Trinajstić information content (AvgIpc) is 2.53. The summed E-state index contributed by atoms with van der Waals surface area (Å²) in [4.78, 5) is 0. The minimum absolute atomic E-state index is 0.0245. The molecule has 0 heterocycles. The van der Waals surface area contributed by atoms with Crippen LogP contribution in [0.2, 0.25) is 0 Å². The van der Waals surface area contributed by atoms with E-state index in [4.69, 9.17) is 15.2 Å². The topological polar surface area (TPSA) is 44.5 Å². The first kappa shape index (κ1) is 16.6. The molecule has 3 unspecified atom stereocenters. The van der Waals surface area contributed by atoms with E-state index in [0.29, 0.717) is 5.92 Å². The van der Waals surface area contributed by atoms with E-state index in [0.717, 1.165) is 27.5 Å². The number of benzene rings is 1. The number of hydrogen-bond donors (Lipinski definition) is 1. The molecule has 4 heteroatoms. The fourth-order valence-corrected chi connectivity index (χ4v) is 4.15. The first-order valence-corrected chi connectivity index (χ1v) is 8.57. The molecular formula is C17H26BrNO2. The molecular weight excluding hydrogens is 330 g/mol. The Morgan fingerprint density at radius 1 is 1.29 bits per heavy atom. The number of rotatable bonds is 5. The zero-order chi connectivity index (χ0) is 15.4. The summed E-state index contributed by atoms with van der Waals surface area (Å²) in [6.07, 6.45) is 6.33. The highest BCUT2D eigenvalue weighted by Crippen LogP contribution is 2.44. The van der Waals surface area contributed by atoms with E-state index in [1.165, 1.54) is 32.1 Å². The largest absolute Gasteiger partial charge is 0.495 e. The standard InChI is InChI=1S/C17H26BrNO2/c1-4-11-6-5-7-12(10-11)16(19)13-8-9-14(20-2)15(18)17(13)21-3/h8-9,11-12,16H,4-7,10,19H2,1-3H3. The van der Waals surface area contributed by atoms with Crippen molar-refractivity contribution in [1.82, 2.24) is 0 Å². The Labute approximate surface area is 136 Å². The molecule has 1 aromatic rings. The van der Waals surface area contributed by atoms with Gasteiger partial charge in [-0.1, -0.05) is 26.2 Å². The summed E-state index contributed by atoms with van der Waals surface area (Å²) in [6.45, 7) is 2.28. The Balaban J connectivity index is 2.26. The van der Waals surface area contributed by atoms with Gasteiger partial charge in [-0.15, -0.1) is 0 Å². The lowest BCUT2D eigenvalue weighted by atomic mass is 9.75. The minimum atomic E-state index is 0.0245. The van der Waals surface area contributed by atoms with Crippen LogP contribution in [-0.2, 0) is 0 Å². The SMILES string of the molecule is CCC1CCCC(C(N)c2ccc(OC)c(Br)c2OC)C1. The van der Waals surface area contributed by atoms with Crippen LogP contribution in [0.4, 0.5) is 0 Å². The molecule has 3 atom stereocenters. The van der Waals surface area contributed by atoms with Gasteiger partial charge in [0.15, 0.2) is 0 Å². The van der Waals surface area contributed by atoms with Gasteiger partial charge in [0.05, 0.1) is 14.2 Å². The van der Waals surface area contributed by atoms with Crippen molar-refractivity contribution in [2.45, 2.75) is 45.1 Å². The third kappa shape index (κ3) is 3.54. The quantitative estimate of drug-likeness (QED) is 0.833. The van der Waals surface area contributed by atoms with Crippen molar-refractivity contribution < 1.29 is 9.47 Å². The van der Waals surface area contributed by atoms with Crippen LogP contribution >= 0.6 is 15.9 Å². The Morgan fingerprint density at radius 3 is 2.67 bits per heavy atom. The van der Waals surface area contributed by atoms with E-state index in [1.807, 2.05) is 12.1 Å². The zero-order valence-electron chi connectivity index (χ0n) is 13.2. The van der Waals surface area contributed by atoms with E-state index in [1.54, 1.807) is 14.2 Å². The molecule has 0 bridgehead atoms. The molecule has 0 spiro atoms. The molecule has 0 saturated heterocycles. The van der Waals surface area contributed by atoms with Gasteiger partial charge in [0.1, 0.15) is 16.0 Å². The summed E-state index contributed by atoms with van der Waals surface area (Å²) in [7, 11) is 3.34. The van der Waals surface area contributed by atoms with Gasteiger partial charge in [0.25, 0.3) is 0 Å². The maximum Gasteiger partial charge on any atom is 0.141 e.